The molecule has 0 atom stereocenters. The molecule has 2 heterocycles. The zero-order valence-corrected chi connectivity index (χ0v) is 12.5. The Morgan fingerprint density at radius 3 is 2.64 bits per heavy atom. The lowest BCUT2D eigenvalue weighted by Gasteiger charge is -2.25. The number of carbonyl (C=O) groups is 2. The van der Waals surface area contributed by atoms with E-state index >= 15 is 0 Å². The number of rotatable bonds is 2. The Kier molecular flexibility index (Phi) is 4.22. The summed E-state index contributed by atoms with van der Waals surface area (Å²) in [5, 5.41) is 4.56. The molecule has 0 bridgehead atoms. The second-order valence-electron chi connectivity index (χ2n) is 4.87. The van der Waals surface area contributed by atoms with Gasteiger partial charge < -0.3 is 9.64 Å². The number of aromatic nitrogens is 2. The van der Waals surface area contributed by atoms with E-state index in [0.717, 1.165) is 4.68 Å². The number of halogens is 1. The molecule has 1 amide bonds. The quantitative estimate of drug-likeness (QED) is 0.845. The van der Waals surface area contributed by atoms with Crippen LogP contribution in [-0.4, -0.2) is 52.8 Å². The number of amides is 1. The third-order valence-electron chi connectivity index (χ3n) is 3.39. The van der Waals surface area contributed by atoms with Gasteiger partial charge in [0.2, 0.25) is 0 Å². The molecule has 22 heavy (non-hydrogen) atoms. The SMILES string of the molecule is O=C(c1ccn(C(=O)c2cccc(Cl)c2)n1)N1CCOCC1. The smallest absolute Gasteiger partial charge is 0.278 e. The summed E-state index contributed by atoms with van der Waals surface area (Å²) in [7, 11) is 0. The maximum atomic E-state index is 12.3. The van der Waals surface area contributed by atoms with Gasteiger partial charge in [-0.25, -0.2) is 4.68 Å². The van der Waals surface area contributed by atoms with Crippen molar-refractivity contribution in [3.63, 3.8) is 0 Å². The van der Waals surface area contributed by atoms with Crippen LogP contribution in [0.3, 0.4) is 0 Å². The van der Waals surface area contributed by atoms with Crippen molar-refractivity contribution in [3.8, 4) is 0 Å². The number of hydrogen-bond acceptors (Lipinski definition) is 4. The molecule has 1 fully saturated rings. The number of morpholine rings is 1. The number of hydrogen-bond donors (Lipinski definition) is 0. The van der Waals surface area contributed by atoms with E-state index in [9.17, 15) is 9.59 Å². The Hall–Kier alpha value is -2.18. The summed E-state index contributed by atoms with van der Waals surface area (Å²) in [4.78, 5) is 26.3. The van der Waals surface area contributed by atoms with Gasteiger partial charge in [-0.2, -0.15) is 5.10 Å². The van der Waals surface area contributed by atoms with Gasteiger partial charge >= 0.3 is 0 Å². The average molecular weight is 320 g/mol. The molecule has 0 aliphatic carbocycles. The van der Waals surface area contributed by atoms with Gasteiger partial charge in [-0.15, -0.1) is 0 Å². The fourth-order valence-electron chi connectivity index (χ4n) is 2.23. The second-order valence-corrected chi connectivity index (χ2v) is 5.30. The number of nitrogens with zero attached hydrogens (tertiary/aromatic N) is 3. The van der Waals surface area contributed by atoms with E-state index in [1.54, 1.807) is 35.2 Å². The van der Waals surface area contributed by atoms with Crippen molar-refractivity contribution >= 4 is 23.4 Å². The van der Waals surface area contributed by atoms with Gasteiger partial charge in [-0.3, -0.25) is 9.59 Å². The van der Waals surface area contributed by atoms with Crippen LogP contribution in [-0.2, 0) is 4.74 Å². The molecular formula is C15H14ClN3O3. The van der Waals surface area contributed by atoms with Crippen molar-refractivity contribution in [1.82, 2.24) is 14.7 Å². The zero-order valence-electron chi connectivity index (χ0n) is 11.7. The predicted octanol–water partition coefficient (Wildman–Crippen LogP) is 1.70. The van der Waals surface area contributed by atoms with E-state index in [-0.39, 0.29) is 17.5 Å². The first-order valence-corrected chi connectivity index (χ1v) is 7.26. The molecule has 0 saturated carbocycles. The van der Waals surface area contributed by atoms with Crippen molar-refractivity contribution in [2.75, 3.05) is 26.3 Å². The van der Waals surface area contributed by atoms with Crippen LogP contribution in [0, 0.1) is 0 Å². The van der Waals surface area contributed by atoms with Gasteiger partial charge in [0.25, 0.3) is 11.8 Å². The van der Waals surface area contributed by atoms with Crippen LogP contribution in [0.5, 0.6) is 0 Å². The monoisotopic (exact) mass is 319 g/mol. The maximum absolute atomic E-state index is 12.3. The standard InChI is InChI=1S/C15H14ClN3O3/c16-12-3-1-2-11(10-12)14(20)19-5-4-13(17-19)15(21)18-6-8-22-9-7-18/h1-5,10H,6-9H2. The molecule has 1 saturated heterocycles. The van der Waals surface area contributed by atoms with E-state index in [4.69, 9.17) is 16.3 Å². The molecule has 1 aromatic carbocycles. The van der Waals surface area contributed by atoms with Crippen molar-refractivity contribution in [2.45, 2.75) is 0 Å². The molecule has 2 aromatic rings. The third-order valence-corrected chi connectivity index (χ3v) is 3.62. The van der Waals surface area contributed by atoms with Gasteiger partial charge in [0, 0.05) is 29.9 Å². The zero-order chi connectivity index (χ0) is 15.5. The summed E-state index contributed by atoms with van der Waals surface area (Å²) >= 11 is 5.88. The molecule has 7 heteroatoms. The first kappa shape index (κ1) is 14.7. The molecule has 1 aliphatic rings. The van der Waals surface area contributed by atoms with Gasteiger partial charge in [-0.05, 0) is 24.3 Å². The first-order valence-electron chi connectivity index (χ1n) is 6.88. The van der Waals surface area contributed by atoms with Crippen molar-refractivity contribution in [3.05, 3.63) is 52.8 Å². The topological polar surface area (TPSA) is 64.4 Å². The Labute approximate surface area is 132 Å². The van der Waals surface area contributed by atoms with Gasteiger partial charge in [0.05, 0.1) is 13.2 Å². The lowest BCUT2D eigenvalue weighted by atomic mass is 10.2. The Balaban J connectivity index is 1.78. The summed E-state index contributed by atoms with van der Waals surface area (Å²) in [6.45, 7) is 2.11. The highest BCUT2D eigenvalue weighted by Crippen LogP contribution is 2.12. The van der Waals surface area contributed by atoms with Crippen molar-refractivity contribution < 1.29 is 14.3 Å². The first-order chi connectivity index (χ1) is 10.6. The van der Waals surface area contributed by atoms with Crippen molar-refractivity contribution in [2.24, 2.45) is 0 Å². The minimum Gasteiger partial charge on any atom is -0.378 e. The van der Waals surface area contributed by atoms with Crippen LogP contribution in [0.15, 0.2) is 36.5 Å². The summed E-state index contributed by atoms with van der Waals surface area (Å²) < 4.78 is 6.36. The lowest BCUT2D eigenvalue weighted by Crippen LogP contribution is -2.40. The Morgan fingerprint density at radius 2 is 1.91 bits per heavy atom. The van der Waals surface area contributed by atoms with E-state index < -0.39 is 0 Å². The summed E-state index contributed by atoms with van der Waals surface area (Å²) in [5.41, 5.74) is 0.665. The third kappa shape index (κ3) is 3.03. The highest BCUT2D eigenvalue weighted by atomic mass is 35.5. The van der Waals surface area contributed by atoms with Crippen LogP contribution < -0.4 is 0 Å². The molecule has 3 rings (SSSR count). The largest absolute Gasteiger partial charge is 0.378 e. The second kappa shape index (κ2) is 6.29. The Morgan fingerprint density at radius 1 is 1.14 bits per heavy atom. The van der Waals surface area contributed by atoms with Gasteiger partial charge in [0.1, 0.15) is 0 Å². The summed E-state index contributed by atoms with van der Waals surface area (Å²) in [5.74, 6) is -0.524. The van der Waals surface area contributed by atoms with Crippen LogP contribution in [0.25, 0.3) is 0 Å². The van der Waals surface area contributed by atoms with Crippen LogP contribution in [0.4, 0.5) is 0 Å². The minimum absolute atomic E-state index is 0.194. The molecule has 6 nitrogen and oxygen atoms in total. The van der Waals surface area contributed by atoms with Crippen LogP contribution in [0.1, 0.15) is 20.8 Å². The Bertz CT molecular complexity index is 708. The molecule has 0 radical (unpaired) electrons. The predicted molar refractivity (Wildman–Crippen MR) is 80.1 cm³/mol. The molecule has 0 unspecified atom stereocenters. The maximum Gasteiger partial charge on any atom is 0.278 e. The van der Waals surface area contributed by atoms with Crippen LogP contribution >= 0.6 is 11.6 Å². The fourth-order valence-corrected chi connectivity index (χ4v) is 2.42. The molecule has 1 aromatic heterocycles. The highest BCUT2D eigenvalue weighted by Gasteiger charge is 2.21. The van der Waals surface area contributed by atoms with Gasteiger partial charge in [-0.1, -0.05) is 17.7 Å². The highest BCUT2D eigenvalue weighted by molar-refractivity contribution is 6.31. The van der Waals surface area contributed by atoms with E-state index in [0.29, 0.717) is 36.9 Å². The van der Waals surface area contributed by atoms with Crippen LogP contribution in [0.2, 0.25) is 5.02 Å². The summed E-state index contributed by atoms with van der Waals surface area (Å²) in [6.07, 6.45) is 1.48. The molecular weight excluding hydrogens is 306 g/mol. The molecule has 0 N–H and O–H groups in total. The number of ether oxygens (including phenoxy) is 1. The lowest BCUT2D eigenvalue weighted by molar-refractivity contribution is 0.0298. The van der Waals surface area contributed by atoms with E-state index in [1.807, 2.05) is 0 Å². The summed E-state index contributed by atoms with van der Waals surface area (Å²) in [6, 6.07) is 8.14. The number of benzene rings is 1. The van der Waals surface area contributed by atoms with E-state index in [1.165, 1.54) is 6.20 Å². The van der Waals surface area contributed by atoms with E-state index in [2.05, 4.69) is 5.10 Å². The van der Waals surface area contributed by atoms with Gasteiger partial charge in [0.15, 0.2) is 5.69 Å². The minimum atomic E-state index is -0.330. The normalized spacial score (nSPS) is 14.9. The molecule has 0 spiro atoms. The fraction of sp³-hybridized carbons (Fsp3) is 0.267. The molecule has 1 aliphatic heterocycles. The molecule has 114 valence electrons. The number of carbonyl (C=O) groups excluding carboxylic acids is 2. The van der Waals surface area contributed by atoms with Crippen molar-refractivity contribution in [1.29, 1.82) is 0 Å². The average Bonchev–Trinajstić information content (AvgIpc) is 3.04.